The highest BCUT2D eigenvalue weighted by atomic mass is 35.5. The van der Waals surface area contributed by atoms with Gasteiger partial charge < -0.3 is 10.5 Å². The van der Waals surface area contributed by atoms with E-state index in [2.05, 4.69) is 13.0 Å². The van der Waals surface area contributed by atoms with Crippen molar-refractivity contribution in [1.82, 2.24) is 0 Å². The van der Waals surface area contributed by atoms with Crippen molar-refractivity contribution in [2.45, 2.75) is 45.6 Å². The predicted molar refractivity (Wildman–Crippen MR) is 83.7 cm³/mol. The fourth-order valence-electron chi connectivity index (χ4n) is 2.11. The predicted octanol–water partition coefficient (Wildman–Crippen LogP) is 4.00. The maximum atomic E-state index is 6.33. The number of aryl methyl sites for hydroxylation is 1. The molecule has 0 aliphatic heterocycles. The summed E-state index contributed by atoms with van der Waals surface area (Å²) in [5.74, 6) is 1.62. The third-order valence-corrected chi connectivity index (χ3v) is 3.56. The molecule has 4 heteroatoms. The molecule has 0 amide bonds. The van der Waals surface area contributed by atoms with Gasteiger partial charge in [-0.05, 0) is 55.7 Å². The molecule has 0 aromatic heterocycles. The van der Waals surface area contributed by atoms with Crippen LogP contribution in [0, 0.1) is 5.92 Å². The second-order valence-corrected chi connectivity index (χ2v) is 5.76. The van der Waals surface area contributed by atoms with E-state index in [1.807, 2.05) is 13.0 Å². The maximum Gasteiger partial charge on any atom is 0.141 e. The van der Waals surface area contributed by atoms with Crippen molar-refractivity contribution in [3.8, 4) is 5.75 Å². The molecule has 1 atom stereocenters. The van der Waals surface area contributed by atoms with Crippen LogP contribution in [-0.4, -0.2) is 12.6 Å². The summed E-state index contributed by atoms with van der Waals surface area (Å²) < 4.78 is 5.88. The van der Waals surface area contributed by atoms with Gasteiger partial charge in [-0.1, -0.05) is 24.6 Å². The Labute approximate surface area is 127 Å². The summed E-state index contributed by atoms with van der Waals surface area (Å²) in [4.78, 5) is 0. The second-order valence-electron chi connectivity index (χ2n) is 5.36. The number of ether oxygens (including phenoxy) is 1. The van der Waals surface area contributed by atoms with Crippen molar-refractivity contribution in [3.63, 3.8) is 0 Å². The Kier molecular flexibility index (Phi) is 6.45. The van der Waals surface area contributed by atoms with Gasteiger partial charge in [-0.25, -0.2) is 0 Å². The largest absolute Gasteiger partial charge is 0.491 e. The van der Waals surface area contributed by atoms with Crippen molar-refractivity contribution in [1.29, 1.82) is 0 Å². The van der Waals surface area contributed by atoms with Gasteiger partial charge in [0.1, 0.15) is 5.75 Å². The van der Waals surface area contributed by atoms with Gasteiger partial charge in [0.15, 0.2) is 0 Å². The first kappa shape index (κ1) is 16.6. The zero-order chi connectivity index (χ0) is 13.1. The first-order valence-electron chi connectivity index (χ1n) is 6.79. The number of hydrogen-bond donors (Lipinski definition) is 1. The van der Waals surface area contributed by atoms with E-state index < -0.39 is 0 Å². The molecule has 2 N–H and O–H groups in total. The van der Waals surface area contributed by atoms with Crippen LogP contribution in [0.5, 0.6) is 5.75 Å². The molecule has 108 valence electrons. The summed E-state index contributed by atoms with van der Waals surface area (Å²) in [5.41, 5.74) is 8.23. The van der Waals surface area contributed by atoms with Gasteiger partial charge in [0.25, 0.3) is 0 Å². The topological polar surface area (TPSA) is 35.2 Å². The van der Waals surface area contributed by atoms with Crippen molar-refractivity contribution < 1.29 is 4.74 Å². The molecule has 1 aromatic carbocycles. The fraction of sp³-hybridized carbons (Fsp3) is 0.600. The van der Waals surface area contributed by atoms with Gasteiger partial charge in [-0.3, -0.25) is 0 Å². The molecule has 0 radical (unpaired) electrons. The Hall–Kier alpha value is -0.440. The number of halogens is 2. The Morgan fingerprint density at radius 1 is 1.42 bits per heavy atom. The molecule has 1 unspecified atom stereocenters. The van der Waals surface area contributed by atoms with Crippen LogP contribution in [0.25, 0.3) is 0 Å². The SMILES string of the molecule is CCc1cc(CC(C)N)cc(Cl)c1OCC1CC1.Cl. The molecule has 1 aliphatic carbocycles. The van der Waals surface area contributed by atoms with Gasteiger partial charge in [-0.2, -0.15) is 0 Å². The van der Waals surface area contributed by atoms with Crippen LogP contribution < -0.4 is 10.5 Å². The van der Waals surface area contributed by atoms with Gasteiger partial charge in [0.2, 0.25) is 0 Å². The van der Waals surface area contributed by atoms with E-state index in [1.54, 1.807) is 0 Å². The zero-order valence-corrected chi connectivity index (χ0v) is 13.2. The third-order valence-electron chi connectivity index (χ3n) is 3.28. The van der Waals surface area contributed by atoms with E-state index in [-0.39, 0.29) is 18.4 Å². The molecule has 19 heavy (non-hydrogen) atoms. The number of nitrogens with two attached hydrogens (primary N) is 1. The first-order chi connectivity index (χ1) is 8.60. The molecule has 2 nitrogen and oxygen atoms in total. The molecule has 1 saturated carbocycles. The summed E-state index contributed by atoms with van der Waals surface area (Å²) in [5, 5.41) is 0.727. The Balaban J connectivity index is 0.00000180. The molecular weight excluding hydrogens is 281 g/mol. The highest BCUT2D eigenvalue weighted by molar-refractivity contribution is 6.32. The molecule has 1 fully saturated rings. The quantitative estimate of drug-likeness (QED) is 0.862. The van der Waals surface area contributed by atoms with E-state index in [4.69, 9.17) is 22.1 Å². The van der Waals surface area contributed by atoms with Crippen molar-refractivity contribution >= 4 is 24.0 Å². The smallest absolute Gasteiger partial charge is 0.141 e. The first-order valence-corrected chi connectivity index (χ1v) is 7.17. The Morgan fingerprint density at radius 2 is 2.11 bits per heavy atom. The lowest BCUT2D eigenvalue weighted by Gasteiger charge is -2.15. The third kappa shape index (κ3) is 4.87. The maximum absolute atomic E-state index is 6.33. The normalized spacial score (nSPS) is 15.8. The monoisotopic (exact) mass is 303 g/mol. The summed E-state index contributed by atoms with van der Waals surface area (Å²) in [7, 11) is 0. The van der Waals surface area contributed by atoms with E-state index in [0.29, 0.717) is 0 Å². The molecule has 0 bridgehead atoms. The Morgan fingerprint density at radius 3 is 2.63 bits per heavy atom. The summed E-state index contributed by atoms with van der Waals surface area (Å²) >= 11 is 6.33. The number of hydrogen-bond acceptors (Lipinski definition) is 2. The van der Waals surface area contributed by atoms with Crippen LogP contribution in [0.3, 0.4) is 0 Å². The molecular formula is C15H23Cl2NO. The van der Waals surface area contributed by atoms with Crippen molar-refractivity contribution in [2.24, 2.45) is 11.7 Å². The highest BCUT2D eigenvalue weighted by Gasteiger charge is 2.23. The molecule has 0 heterocycles. The van der Waals surface area contributed by atoms with Gasteiger partial charge in [0.05, 0.1) is 11.6 Å². The average Bonchev–Trinajstić information content (AvgIpc) is 3.10. The zero-order valence-electron chi connectivity index (χ0n) is 11.6. The van der Waals surface area contributed by atoms with Crippen LogP contribution in [-0.2, 0) is 12.8 Å². The lowest BCUT2D eigenvalue weighted by molar-refractivity contribution is 0.297. The summed E-state index contributed by atoms with van der Waals surface area (Å²) in [6, 6.07) is 4.33. The van der Waals surface area contributed by atoms with E-state index >= 15 is 0 Å². The summed E-state index contributed by atoms with van der Waals surface area (Å²) in [6.07, 6.45) is 4.38. The second kappa shape index (κ2) is 7.37. The minimum Gasteiger partial charge on any atom is -0.491 e. The van der Waals surface area contributed by atoms with Gasteiger partial charge in [0, 0.05) is 6.04 Å². The Bertz CT molecular complexity index is 417. The van der Waals surface area contributed by atoms with Crippen LogP contribution in [0.2, 0.25) is 5.02 Å². The van der Waals surface area contributed by atoms with Gasteiger partial charge in [-0.15, -0.1) is 12.4 Å². The minimum atomic E-state index is 0. The van der Waals surface area contributed by atoms with E-state index in [0.717, 1.165) is 36.1 Å². The average molecular weight is 304 g/mol. The van der Waals surface area contributed by atoms with Crippen LogP contribution in [0.15, 0.2) is 12.1 Å². The van der Waals surface area contributed by atoms with Crippen molar-refractivity contribution in [3.05, 3.63) is 28.3 Å². The molecule has 1 aliphatic rings. The molecule has 0 spiro atoms. The lowest BCUT2D eigenvalue weighted by Crippen LogP contribution is -2.18. The van der Waals surface area contributed by atoms with Crippen LogP contribution >= 0.6 is 24.0 Å². The van der Waals surface area contributed by atoms with Crippen molar-refractivity contribution in [2.75, 3.05) is 6.61 Å². The van der Waals surface area contributed by atoms with Crippen LogP contribution in [0.1, 0.15) is 37.8 Å². The van der Waals surface area contributed by atoms with E-state index in [9.17, 15) is 0 Å². The standard InChI is InChI=1S/C15H22ClNO.ClH/c1-3-13-7-12(6-10(2)17)8-14(16)15(13)18-9-11-4-5-11;/h7-8,10-11H,3-6,9,17H2,1-2H3;1H. The molecule has 1 aromatic rings. The fourth-order valence-corrected chi connectivity index (χ4v) is 2.43. The van der Waals surface area contributed by atoms with Gasteiger partial charge >= 0.3 is 0 Å². The minimum absolute atomic E-state index is 0. The number of benzene rings is 1. The molecule has 2 rings (SSSR count). The molecule has 0 saturated heterocycles. The highest BCUT2D eigenvalue weighted by Crippen LogP contribution is 2.35. The van der Waals surface area contributed by atoms with E-state index in [1.165, 1.54) is 24.0 Å². The summed E-state index contributed by atoms with van der Waals surface area (Å²) in [6.45, 7) is 4.95. The number of rotatable bonds is 6. The van der Waals surface area contributed by atoms with Crippen LogP contribution in [0.4, 0.5) is 0 Å². The lowest BCUT2D eigenvalue weighted by atomic mass is 10.0.